The van der Waals surface area contributed by atoms with Gasteiger partial charge in [-0.1, -0.05) is 18.6 Å². The smallest absolute Gasteiger partial charge is 0.306 e. The number of aliphatic carboxylic acids is 1. The fraction of sp³-hybridized carbons (Fsp3) is 0.500. The Hall–Kier alpha value is -2.04. The highest BCUT2D eigenvalue weighted by Crippen LogP contribution is 2.31. The Bertz CT molecular complexity index is 515. The topological polar surface area (TPSA) is 75.6 Å². The fourth-order valence-electron chi connectivity index (χ4n) is 2.74. The van der Waals surface area contributed by atoms with E-state index in [1.54, 1.807) is 12.1 Å². The molecule has 1 amide bonds. The number of amides is 1. The van der Waals surface area contributed by atoms with E-state index < -0.39 is 11.9 Å². The first-order valence-electron chi connectivity index (χ1n) is 7.37. The Kier molecular flexibility index (Phi) is 5.20. The molecule has 0 saturated heterocycles. The van der Waals surface area contributed by atoms with Crippen molar-refractivity contribution in [1.29, 1.82) is 0 Å². The van der Waals surface area contributed by atoms with Crippen molar-refractivity contribution in [1.82, 2.24) is 0 Å². The van der Waals surface area contributed by atoms with Crippen LogP contribution >= 0.6 is 0 Å². The highest BCUT2D eigenvalue weighted by atomic mass is 16.5. The minimum absolute atomic E-state index is 0.117. The molecule has 5 nitrogen and oxygen atoms in total. The molecule has 1 aliphatic rings. The van der Waals surface area contributed by atoms with E-state index in [1.165, 1.54) is 0 Å². The van der Waals surface area contributed by atoms with Crippen LogP contribution in [-0.2, 0) is 9.59 Å². The second-order valence-corrected chi connectivity index (χ2v) is 5.32. The number of anilines is 1. The lowest BCUT2D eigenvalue weighted by atomic mass is 9.81. The molecule has 1 aromatic carbocycles. The maximum absolute atomic E-state index is 12.3. The molecular weight excluding hydrogens is 270 g/mol. The minimum atomic E-state index is -0.804. The second kappa shape index (κ2) is 7.11. The summed E-state index contributed by atoms with van der Waals surface area (Å²) in [5.41, 5.74) is 0.641. The summed E-state index contributed by atoms with van der Waals surface area (Å²) in [5, 5.41) is 12.0. The molecule has 2 rings (SSSR count). The third-order valence-electron chi connectivity index (χ3n) is 3.84. The van der Waals surface area contributed by atoms with E-state index in [2.05, 4.69) is 5.32 Å². The van der Waals surface area contributed by atoms with E-state index in [0.717, 1.165) is 12.8 Å². The standard InChI is InChI=1S/C16H21NO4/c1-2-21-14-9-4-3-8-13(14)17-15(18)11-6-5-7-12(10-11)16(19)20/h3-4,8-9,11-12H,2,5-7,10H2,1H3,(H,17,18)(H,19,20). The van der Waals surface area contributed by atoms with Crippen molar-refractivity contribution in [3.05, 3.63) is 24.3 Å². The molecule has 2 unspecified atom stereocenters. The second-order valence-electron chi connectivity index (χ2n) is 5.32. The number of carbonyl (C=O) groups excluding carboxylic acids is 1. The third-order valence-corrected chi connectivity index (χ3v) is 3.84. The monoisotopic (exact) mass is 291 g/mol. The number of carbonyl (C=O) groups is 2. The number of rotatable bonds is 5. The van der Waals surface area contributed by atoms with Crippen LogP contribution in [0.15, 0.2) is 24.3 Å². The van der Waals surface area contributed by atoms with Crippen molar-refractivity contribution in [3.8, 4) is 5.75 Å². The van der Waals surface area contributed by atoms with E-state index in [4.69, 9.17) is 9.84 Å². The summed E-state index contributed by atoms with van der Waals surface area (Å²) in [5.74, 6) is -0.930. The molecule has 21 heavy (non-hydrogen) atoms. The van der Waals surface area contributed by atoms with Crippen molar-refractivity contribution in [3.63, 3.8) is 0 Å². The predicted octanol–water partition coefficient (Wildman–Crippen LogP) is 2.91. The van der Waals surface area contributed by atoms with Crippen LogP contribution in [0.25, 0.3) is 0 Å². The van der Waals surface area contributed by atoms with Crippen molar-refractivity contribution in [2.45, 2.75) is 32.6 Å². The highest BCUT2D eigenvalue weighted by Gasteiger charge is 2.31. The van der Waals surface area contributed by atoms with Crippen LogP contribution in [-0.4, -0.2) is 23.6 Å². The van der Waals surface area contributed by atoms with E-state index in [-0.39, 0.29) is 11.8 Å². The molecule has 1 fully saturated rings. The molecule has 0 bridgehead atoms. The van der Waals surface area contributed by atoms with Gasteiger partial charge in [0.1, 0.15) is 5.75 Å². The Morgan fingerprint density at radius 3 is 2.71 bits per heavy atom. The van der Waals surface area contributed by atoms with Gasteiger partial charge in [-0.25, -0.2) is 0 Å². The van der Waals surface area contributed by atoms with Gasteiger partial charge in [0.05, 0.1) is 18.2 Å². The van der Waals surface area contributed by atoms with Gasteiger partial charge >= 0.3 is 5.97 Å². The van der Waals surface area contributed by atoms with Gasteiger partial charge in [0.2, 0.25) is 5.91 Å². The Labute approximate surface area is 124 Å². The Morgan fingerprint density at radius 1 is 1.29 bits per heavy atom. The first kappa shape index (κ1) is 15.4. The number of hydrogen-bond acceptors (Lipinski definition) is 3. The van der Waals surface area contributed by atoms with Gasteiger partial charge in [0.15, 0.2) is 0 Å². The molecule has 0 aromatic heterocycles. The van der Waals surface area contributed by atoms with E-state index in [9.17, 15) is 9.59 Å². The zero-order valence-corrected chi connectivity index (χ0v) is 12.2. The number of nitrogens with one attached hydrogen (secondary N) is 1. The average Bonchev–Trinajstić information content (AvgIpc) is 2.49. The summed E-state index contributed by atoms with van der Waals surface area (Å²) < 4.78 is 5.48. The maximum atomic E-state index is 12.3. The summed E-state index contributed by atoms with van der Waals surface area (Å²) in [6, 6.07) is 7.28. The molecule has 0 aliphatic heterocycles. The molecular formula is C16H21NO4. The minimum Gasteiger partial charge on any atom is -0.492 e. The molecule has 0 spiro atoms. The summed E-state index contributed by atoms with van der Waals surface area (Å²) in [4.78, 5) is 23.4. The first-order valence-corrected chi connectivity index (χ1v) is 7.37. The van der Waals surface area contributed by atoms with E-state index >= 15 is 0 Å². The van der Waals surface area contributed by atoms with Gasteiger partial charge < -0.3 is 15.2 Å². The van der Waals surface area contributed by atoms with Crippen LogP contribution in [0.5, 0.6) is 5.75 Å². The zero-order valence-electron chi connectivity index (χ0n) is 12.2. The van der Waals surface area contributed by atoms with Crippen molar-refractivity contribution >= 4 is 17.6 Å². The lowest BCUT2D eigenvalue weighted by Gasteiger charge is -2.26. The van der Waals surface area contributed by atoms with Crippen LogP contribution < -0.4 is 10.1 Å². The summed E-state index contributed by atoms with van der Waals surface area (Å²) in [6.07, 6.45) is 2.60. The van der Waals surface area contributed by atoms with Gasteiger partial charge in [0, 0.05) is 5.92 Å². The van der Waals surface area contributed by atoms with Crippen LogP contribution in [0.1, 0.15) is 32.6 Å². The van der Waals surface area contributed by atoms with Crippen LogP contribution in [0.3, 0.4) is 0 Å². The molecule has 114 valence electrons. The highest BCUT2D eigenvalue weighted by molar-refractivity contribution is 5.94. The largest absolute Gasteiger partial charge is 0.492 e. The SMILES string of the molecule is CCOc1ccccc1NC(=O)C1CCCC(C(=O)O)C1. The maximum Gasteiger partial charge on any atom is 0.306 e. The Balaban J connectivity index is 2.02. The third kappa shape index (κ3) is 3.97. The van der Waals surface area contributed by atoms with Crippen molar-refractivity contribution in [2.75, 3.05) is 11.9 Å². The van der Waals surface area contributed by atoms with Gasteiger partial charge in [-0.05, 0) is 38.3 Å². The molecule has 1 saturated carbocycles. The number of hydrogen-bond donors (Lipinski definition) is 2. The average molecular weight is 291 g/mol. The van der Waals surface area contributed by atoms with Crippen LogP contribution in [0.4, 0.5) is 5.69 Å². The lowest BCUT2D eigenvalue weighted by Crippen LogP contribution is -2.31. The summed E-state index contributed by atoms with van der Waals surface area (Å²) in [6.45, 7) is 2.41. The van der Waals surface area contributed by atoms with Gasteiger partial charge in [-0.2, -0.15) is 0 Å². The molecule has 5 heteroatoms. The number of ether oxygens (including phenoxy) is 1. The number of benzene rings is 1. The molecule has 2 N–H and O–H groups in total. The molecule has 1 aliphatic carbocycles. The lowest BCUT2D eigenvalue weighted by molar-refractivity contribution is -0.143. The van der Waals surface area contributed by atoms with Crippen LogP contribution in [0, 0.1) is 11.8 Å². The van der Waals surface area contributed by atoms with Crippen molar-refractivity contribution < 1.29 is 19.4 Å². The van der Waals surface area contributed by atoms with Gasteiger partial charge in [-0.3, -0.25) is 9.59 Å². The number of carboxylic acids is 1. The van der Waals surface area contributed by atoms with E-state index in [0.29, 0.717) is 30.9 Å². The first-order chi connectivity index (χ1) is 10.1. The molecule has 1 aromatic rings. The molecule has 0 radical (unpaired) electrons. The summed E-state index contributed by atoms with van der Waals surface area (Å²) >= 11 is 0. The van der Waals surface area contributed by atoms with Gasteiger partial charge in [0.25, 0.3) is 0 Å². The van der Waals surface area contributed by atoms with E-state index in [1.807, 2.05) is 19.1 Å². The Morgan fingerprint density at radius 2 is 2.00 bits per heavy atom. The summed E-state index contributed by atoms with van der Waals surface area (Å²) in [7, 11) is 0. The number of carboxylic acid groups (broad SMARTS) is 1. The molecule has 2 atom stereocenters. The quantitative estimate of drug-likeness (QED) is 0.874. The number of para-hydroxylation sites is 2. The van der Waals surface area contributed by atoms with Crippen LogP contribution in [0.2, 0.25) is 0 Å². The normalized spacial score (nSPS) is 21.6. The van der Waals surface area contributed by atoms with Crippen molar-refractivity contribution in [2.24, 2.45) is 11.8 Å². The fourth-order valence-corrected chi connectivity index (χ4v) is 2.74. The van der Waals surface area contributed by atoms with Gasteiger partial charge in [-0.15, -0.1) is 0 Å². The molecule has 0 heterocycles. The zero-order chi connectivity index (χ0) is 15.2. The predicted molar refractivity (Wildman–Crippen MR) is 79.3 cm³/mol.